The average molecular weight is 218 g/mol. The fourth-order valence-electron chi connectivity index (χ4n) is 0.778. The molecule has 0 aromatic rings. The lowest BCUT2D eigenvalue weighted by atomic mass is 10.2. The molecule has 7 heteroatoms. The van der Waals surface area contributed by atoms with Gasteiger partial charge in [-0.2, -0.15) is 0 Å². The Morgan fingerprint density at radius 1 is 1.33 bits per heavy atom. The molecule has 0 rings (SSSR count). The normalized spacial score (nSPS) is 11.6. The fraction of sp³-hybridized carbons (Fsp3) is 0.625. The van der Waals surface area contributed by atoms with Crippen molar-refractivity contribution < 1.29 is 24.6 Å². The summed E-state index contributed by atoms with van der Waals surface area (Å²) in [6.07, 6.45) is -0.640. The van der Waals surface area contributed by atoms with E-state index in [1.165, 1.54) is 11.9 Å². The van der Waals surface area contributed by atoms with Crippen molar-refractivity contribution in [2.45, 2.75) is 19.4 Å². The van der Waals surface area contributed by atoms with E-state index in [0.717, 1.165) is 0 Å². The largest absolute Gasteiger partial charge is 0.481 e. The van der Waals surface area contributed by atoms with Crippen LogP contribution in [0.4, 0.5) is 4.79 Å². The zero-order valence-electron chi connectivity index (χ0n) is 8.56. The summed E-state index contributed by atoms with van der Waals surface area (Å²) in [7, 11) is 1.48. The predicted octanol–water partition coefficient (Wildman–Crippen LogP) is -0.424. The zero-order valence-corrected chi connectivity index (χ0v) is 8.56. The minimum atomic E-state index is -1.40. The number of carboxylic acid groups (broad SMARTS) is 2. The van der Waals surface area contributed by atoms with Crippen molar-refractivity contribution in [1.82, 2.24) is 10.2 Å². The SMILES string of the molecule is CCN(C)C(=O)N[C@@H](CC(=O)O)C(=O)O. The lowest BCUT2D eigenvalue weighted by Gasteiger charge is -2.18. The number of hydrogen-bond donors (Lipinski definition) is 3. The summed E-state index contributed by atoms with van der Waals surface area (Å²) in [6.45, 7) is 2.12. The monoisotopic (exact) mass is 218 g/mol. The van der Waals surface area contributed by atoms with Crippen LogP contribution in [0.5, 0.6) is 0 Å². The van der Waals surface area contributed by atoms with E-state index in [1.807, 2.05) is 0 Å². The molecule has 7 nitrogen and oxygen atoms in total. The highest BCUT2D eigenvalue weighted by molar-refractivity contribution is 5.86. The van der Waals surface area contributed by atoms with Gasteiger partial charge in [0.05, 0.1) is 6.42 Å². The van der Waals surface area contributed by atoms with Crippen LogP contribution >= 0.6 is 0 Å². The van der Waals surface area contributed by atoms with Crippen LogP contribution in [0.2, 0.25) is 0 Å². The first-order valence-electron chi connectivity index (χ1n) is 4.34. The molecule has 0 aromatic heterocycles. The molecule has 0 aliphatic rings. The molecule has 0 saturated carbocycles. The van der Waals surface area contributed by atoms with Crippen LogP contribution in [0.1, 0.15) is 13.3 Å². The van der Waals surface area contributed by atoms with Crippen molar-refractivity contribution in [1.29, 1.82) is 0 Å². The van der Waals surface area contributed by atoms with E-state index in [4.69, 9.17) is 10.2 Å². The van der Waals surface area contributed by atoms with Crippen LogP contribution in [0.15, 0.2) is 0 Å². The molecule has 3 N–H and O–H groups in total. The van der Waals surface area contributed by atoms with Gasteiger partial charge in [0.1, 0.15) is 6.04 Å². The minimum absolute atomic E-state index is 0.408. The summed E-state index contributed by atoms with van der Waals surface area (Å²) in [4.78, 5) is 33.4. The standard InChI is InChI=1S/C8H14N2O5/c1-3-10(2)8(15)9-5(7(13)14)4-6(11)12/h5H,3-4H2,1-2H3,(H,9,15)(H,11,12)(H,13,14)/t5-/m0/s1. The molecule has 0 radical (unpaired) electrons. The van der Waals surface area contributed by atoms with Crippen LogP contribution in [-0.2, 0) is 9.59 Å². The molecule has 0 aliphatic carbocycles. The van der Waals surface area contributed by atoms with Crippen molar-refractivity contribution in [2.75, 3.05) is 13.6 Å². The average Bonchev–Trinajstić information content (AvgIpc) is 2.14. The van der Waals surface area contributed by atoms with Gasteiger partial charge in [0, 0.05) is 13.6 Å². The number of carboxylic acids is 2. The van der Waals surface area contributed by atoms with Crippen molar-refractivity contribution >= 4 is 18.0 Å². The zero-order chi connectivity index (χ0) is 12.0. The first-order chi connectivity index (χ1) is 6.88. The van der Waals surface area contributed by atoms with Crippen LogP contribution < -0.4 is 5.32 Å². The topological polar surface area (TPSA) is 107 Å². The number of carbonyl (C=O) groups is 3. The minimum Gasteiger partial charge on any atom is -0.481 e. The molecule has 0 saturated heterocycles. The number of amides is 2. The van der Waals surface area contributed by atoms with Gasteiger partial charge in [0.15, 0.2) is 0 Å². The van der Waals surface area contributed by atoms with Gasteiger partial charge in [-0.15, -0.1) is 0 Å². The van der Waals surface area contributed by atoms with Gasteiger partial charge in [-0.1, -0.05) is 0 Å². The molecule has 0 bridgehead atoms. The van der Waals surface area contributed by atoms with Crippen molar-refractivity contribution in [2.24, 2.45) is 0 Å². The summed E-state index contributed by atoms with van der Waals surface area (Å²) in [5.41, 5.74) is 0. The Kier molecular flexibility index (Phi) is 5.14. The van der Waals surface area contributed by atoms with Crippen molar-refractivity contribution in [3.05, 3.63) is 0 Å². The second-order valence-corrected chi connectivity index (χ2v) is 2.95. The number of hydrogen-bond acceptors (Lipinski definition) is 3. The van der Waals surface area contributed by atoms with Crippen molar-refractivity contribution in [3.63, 3.8) is 0 Å². The highest BCUT2D eigenvalue weighted by Crippen LogP contribution is 1.94. The third-order valence-corrected chi connectivity index (χ3v) is 1.80. The van der Waals surface area contributed by atoms with E-state index < -0.39 is 30.4 Å². The van der Waals surface area contributed by atoms with Gasteiger partial charge in [0.25, 0.3) is 0 Å². The van der Waals surface area contributed by atoms with Gasteiger partial charge >= 0.3 is 18.0 Å². The Bertz CT molecular complexity index is 266. The number of aliphatic carboxylic acids is 2. The fourth-order valence-corrected chi connectivity index (χ4v) is 0.778. The quantitative estimate of drug-likeness (QED) is 0.580. The molecule has 0 aromatic carbocycles. The van der Waals surface area contributed by atoms with E-state index in [0.29, 0.717) is 6.54 Å². The second-order valence-electron chi connectivity index (χ2n) is 2.95. The Labute approximate surface area is 86.7 Å². The molecular formula is C8H14N2O5. The Balaban J connectivity index is 4.35. The Morgan fingerprint density at radius 2 is 1.87 bits per heavy atom. The molecule has 2 amide bonds. The molecule has 86 valence electrons. The summed E-state index contributed by atoms with van der Waals surface area (Å²) in [5.74, 6) is -2.64. The van der Waals surface area contributed by atoms with E-state index in [2.05, 4.69) is 5.32 Å². The molecule has 0 unspecified atom stereocenters. The summed E-state index contributed by atoms with van der Waals surface area (Å²) < 4.78 is 0. The number of rotatable bonds is 5. The predicted molar refractivity (Wildman–Crippen MR) is 50.5 cm³/mol. The summed E-state index contributed by atoms with van der Waals surface area (Å²) in [6, 6.07) is -2.00. The van der Waals surface area contributed by atoms with E-state index in [1.54, 1.807) is 6.92 Å². The maximum atomic E-state index is 11.2. The second kappa shape index (κ2) is 5.84. The lowest BCUT2D eigenvalue weighted by molar-refractivity contribution is -0.145. The van der Waals surface area contributed by atoms with Crippen LogP contribution in [-0.4, -0.2) is 52.7 Å². The molecule has 0 heterocycles. The van der Waals surface area contributed by atoms with Crippen LogP contribution in [0, 0.1) is 0 Å². The Hall–Kier alpha value is -1.79. The van der Waals surface area contributed by atoms with E-state index in [9.17, 15) is 14.4 Å². The molecule has 15 heavy (non-hydrogen) atoms. The van der Waals surface area contributed by atoms with E-state index >= 15 is 0 Å². The molecule has 1 atom stereocenters. The molecule has 0 aliphatic heterocycles. The number of nitrogens with zero attached hydrogens (tertiary/aromatic N) is 1. The lowest BCUT2D eigenvalue weighted by Crippen LogP contribution is -2.47. The van der Waals surface area contributed by atoms with Gasteiger partial charge in [-0.05, 0) is 6.92 Å². The highest BCUT2D eigenvalue weighted by atomic mass is 16.4. The number of urea groups is 1. The van der Waals surface area contributed by atoms with Gasteiger partial charge in [-0.3, -0.25) is 4.79 Å². The number of carbonyl (C=O) groups excluding carboxylic acids is 1. The number of nitrogens with one attached hydrogen (secondary N) is 1. The third-order valence-electron chi connectivity index (χ3n) is 1.80. The van der Waals surface area contributed by atoms with Gasteiger partial charge < -0.3 is 20.4 Å². The first kappa shape index (κ1) is 13.2. The van der Waals surface area contributed by atoms with Crippen LogP contribution in [0.3, 0.4) is 0 Å². The van der Waals surface area contributed by atoms with Crippen molar-refractivity contribution in [3.8, 4) is 0 Å². The van der Waals surface area contributed by atoms with Gasteiger partial charge in [0.2, 0.25) is 0 Å². The maximum Gasteiger partial charge on any atom is 0.326 e. The smallest absolute Gasteiger partial charge is 0.326 e. The van der Waals surface area contributed by atoms with E-state index in [-0.39, 0.29) is 0 Å². The third kappa shape index (κ3) is 4.84. The van der Waals surface area contributed by atoms with Crippen LogP contribution in [0.25, 0.3) is 0 Å². The Morgan fingerprint density at radius 3 is 2.20 bits per heavy atom. The summed E-state index contributed by atoms with van der Waals surface area (Å²) >= 11 is 0. The molecule has 0 spiro atoms. The molecule has 0 fully saturated rings. The maximum absolute atomic E-state index is 11.2. The first-order valence-corrected chi connectivity index (χ1v) is 4.34. The molecular weight excluding hydrogens is 204 g/mol. The summed E-state index contributed by atoms with van der Waals surface area (Å²) in [5, 5.41) is 19.1. The van der Waals surface area contributed by atoms with Gasteiger partial charge in [-0.25, -0.2) is 9.59 Å². The highest BCUT2D eigenvalue weighted by Gasteiger charge is 2.23.